The van der Waals surface area contributed by atoms with Gasteiger partial charge in [0.2, 0.25) is 0 Å². The standard InChI is InChI=1S/C12H17N3O4/c13-9-5-4-8-11(12(16)17)14(15(18)19)10-6-2-1-3-7-10/h1-3,6-7,11H,4-5,8-9,13H2,(H,16,17)/t11-/m0/s1. The Hall–Kier alpha value is -2.15. The maximum absolute atomic E-state index is 11.2. The third kappa shape index (κ3) is 4.22. The first-order valence-corrected chi connectivity index (χ1v) is 5.99. The van der Waals surface area contributed by atoms with E-state index in [-0.39, 0.29) is 12.1 Å². The van der Waals surface area contributed by atoms with Crippen LogP contribution < -0.4 is 10.7 Å². The summed E-state index contributed by atoms with van der Waals surface area (Å²) in [6.45, 7) is 0.441. The number of rotatable bonds is 8. The van der Waals surface area contributed by atoms with Gasteiger partial charge in [0.25, 0.3) is 0 Å². The lowest BCUT2D eigenvalue weighted by atomic mass is 10.1. The van der Waals surface area contributed by atoms with Gasteiger partial charge in [-0.25, -0.2) is 14.9 Å². The number of aliphatic carboxylic acids is 1. The van der Waals surface area contributed by atoms with Gasteiger partial charge in [-0.2, -0.15) is 0 Å². The number of hydrogen-bond donors (Lipinski definition) is 2. The first-order chi connectivity index (χ1) is 9.07. The van der Waals surface area contributed by atoms with Gasteiger partial charge >= 0.3 is 5.97 Å². The molecule has 0 heterocycles. The second kappa shape index (κ2) is 7.32. The van der Waals surface area contributed by atoms with Crippen molar-refractivity contribution in [2.24, 2.45) is 5.73 Å². The molecular formula is C12H17N3O4. The molecule has 0 aliphatic heterocycles. The number of carboxylic acids is 1. The molecule has 104 valence electrons. The number of hydrazine groups is 1. The molecule has 0 saturated carbocycles. The third-order valence-corrected chi connectivity index (χ3v) is 2.71. The Labute approximate surface area is 110 Å². The summed E-state index contributed by atoms with van der Waals surface area (Å²) >= 11 is 0. The fraction of sp³-hybridized carbons (Fsp3) is 0.417. The molecule has 0 radical (unpaired) electrons. The van der Waals surface area contributed by atoms with Gasteiger partial charge in [-0.05, 0) is 37.9 Å². The summed E-state index contributed by atoms with van der Waals surface area (Å²) in [5, 5.41) is 20.3. The van der Waals surface area contributed by atoms with Crippen LogP contribution >= 0.6 is 0 Å². The van der Waals surface area contributed by atoms with Crippen LogP contribution in [0.2, 0.25) is 0 Å². The monoisotopic (exact) mass is 267 g/mol. The van der Waals surface area contributed by atoms with E-state index in [1.807, 2.05) is 0 Å². The molecule has 3 N–H and O–H groups in total. The van der Waals surface area contributed by atoms with Crippen molar-refractivity contribution in [3.05, 3.63) is 40.4 Å². The van der Waals surface area contributed by atoms with Crippen molar-refractivity contribution >= 4 is 11.7 Å². The largest absolute Gasteiger partial charge is 0.480 e. The van der Waals surface area contributed by atoms with Crippen molar-refractivity contribution in [1.82, 2.24) is 0 Å². The lowest BCUT2D eigenvalue weighted by Gasteiger charge is -2.21. The van der Waals surface area contributed by atoms with Crippen molar-refractivity contribution < 1.29 is 14.9 Å². The predicted octanol–water partition coefficient (Wildman–Crippen LogP) is 1.27. The number of unbranched alkanes of at least 4 members (excludes halogenated alkanes) is 1. The molecule has 7 heteroatoms. The normalized spacial score (nSPS) is 11.8. The second-order valence-electron chi connectivity index (χ2n) is 4.06. The minimum Gasteiger partial charge on any atom is -0.480 e. The molecule has 1 aromatic carbocycles. The van der Waals surface area contributed by atoms with Crippen molar-refractivity contribution in [2.75, 3.05) is 11.6 Å². The van der Waals surface area contributed by atoms with Crippen LogP contribution in [-0.2, 0) is 4.79 Å². The molecule has 0 fully saturated rings. The van der Waals surface area contributed by atoms with E-state index in [4.69, 9.17) is 5.73 Å². The molecule has 0 amide bonds. The Balaban J connectivity index is 2.93. The number of benzene rings is 1. The highest BCUT2D eigenvalue weighted by Gasteiger charge is 2.33. The zero-order valence-electron chi connectivity index (χ0n) is 10.4. The van der Waals surface area contributed by atoms with Crippen molar-refractivity contribution in [1.29, 1.82) is 0 Å². The second-order valence-corrected chi connectivity index (χ2v) is 4.06. The predicted molar refractivity (Wildman–Crippen MR) is 70.2 cm³/mol. The molecule has 1 atom stereocenters. The molecule has 0 saturated heterocycles. The number of carboxylic acid groups (broad SMARTS) is 1. The molecule has 0 spiro atoms. The maximum Gasteiger partial charge on any atom is 0.332 e. The Kier molecular flexibility index (Phi) is 5.74. The van der Waals surface area contributed by atoms with Gasteiger partial charge in [0.15, 0.2) is 11.1 Å². The van der Waals surface area contributed by atoms with Crippen LogP contribution in [0.15, 0.2) is 30.3 Å². The van der Waals surface area contributed by atoms with E-state index in [2.05, 4.69) is 0 Å². The van der Waals surface area contributed by atoms with Gasteiger partial charge in [0.1, 0.15) is 5.69 Å². The number of para-hydroxylation sites is 1. The summed E-state index contributed by atoms with van der Waals surface area (Å²) in [6.07, 6.45) is 1.36. The minimum absolute atomic E-state index is 0.183. The van der Waals surface area contributed by atoms with E-state index in [9.17, 15) is 20.0 Å². The topological polar surface area (TPSA) is 110 Å². The van der Waals surface area contributed by atoms with E-state index in [1.165, 1.54) is 12.1 Å². The fourth-order valence-electron chi connectivity index (χ4n) is 1.80. The highest BCUT2D eigenvalue weighted by molar-refractivity contribution is 5.77. The van der Waals surface area contributed by atoms with E-state index >= 15 is 0 Å². The van der Waals surface area contributed by atoms with Crippen LogP contribution in [0, 0.1) is 10.1 Å². The quantitative estimate of drug-likeness (QED) is 0.417. The average Bonchev–Trinajstić information content (AvgIpc) is 2.38. The number of nitro groups is 1. The summed E-state index contributed by atoms with van der Waals surface area (Å²) in [6, 6.07) is 6.81. The van der Waals surface area contributed by atoms with Gasteiger partial charge < -0.3 is 10.8 Å². The zero-order valence-corrected chi connectivity index (χ0v) is 10.4. The number of nitrogens with two attached hydrogens (primary N) is 1. The van der Waals surface area contributed by atoms with Crippen molar-refractivity contribution in [3.63, 3.8) is 0 Å². The van der Waals surface area contributed by atoms with Gasteiger partial charge in [-0.15, -0.1) is 0 Å². The lowest BCUT2D eigenvalue weighted by molar-refractivity contribution is -0.498. The van der Waals surface area contributed by atoms with Crippen LogP contribution in [0.5, 0.6) is 0 Å². The summed E-state index contributed by atoms with van der Waals surface area (Å²) in [7, 11) is 0. The lowest BCUT2D eigenvalue weighted by Crippen LogP contribution is -2.45. The molecule has 1 rings (SSSR count). The van der Waals surface area contributed by atoms with Gasteiger partial charge in [0.05, 0.1) is 0 Å². The SMILES string of the molecule is NCCCC[C@@H](C(=O)O)N(c1ccccc1)[N+](=O)[O-]. The van der Waals surface area contributed by atoms with Gasteiger partial charge in [-0.3, -0.25) is 0 Å². The van der Waals surface area contributed by atoms with Gasteiger partial charge in [0, 0.05) is 0 Å². The Morgan fingerprint density at radius 3 is 2.47 bits per heavy atom. The molecule has 1 aromatic rings. The Morgan fingerprint density at radius 1 is 1.37 bits per heavy atom. The molecule has 0 aliphatic rings. The molecular weight excluding hydrogens is 250 g/mol. The van der Waals surface area contributed by atoms with E-state index in [0.29, 0.717) is 24.4 Å². The van der Waals surface area contributed by atoms with Crippen LogP contribution in [0.3, 0.4) is 0 Å². The Morgan fingerprint density at radius 2 is 2.00 bits per heavy atom. The van der Waals surface area contributed by atoms with Crippen LogP contribution in [0.1, 0.15) is 19.3 Å². The molecule has 0 bridgehead atoms. The first kappa shape index (κ1) is 14.9. The van der Waals surface area contributed by atoms with Crippen LogP contribution in [0.4, 0.5) is 5.69 Å². The summed E-state index contributed by atoms with van der Waals surface area (Å²) < 4.78 is 0. The van der Waals surface area contributed by atoms with Crippen molar-refractivity contribution in [2.45, 2.75) is 25.3 Å². The molecule has 0 unspecified atom stereocenters. The first-order valence-electron chi connectivity index (χ1n) is 5.99. The fourth-order valence-corrected chi connectivity index (χ4v) is 1.80. The van der Waals surface area contributed by atoms with Crippen LogP contribution in [0.25, 0.3) is 0 Å². The smallest absolute Gasteiger partial charge is 0.332 e. The van der Waals surface area contributed by atoms with Crippen LogP contribution in [-0.4, -0.2) is 28.7 Å². The highest BCUT2D eigenvalue weighted by atomic mass is 16.7. The number of hydrogen-bond acceptors (Lipinski definition) is 4. The van der Waals surface area contributed by atoms with Gasteiger partial charge in [-0.1, -0.05) is 23.2 Å². The maximum atomic E-state index is 11.2. The third-order valence-electron chi connectivity index (χ3n) is 2.71. The molecule has 0 aromatic heterocycles. The number of nitrogens with zero attached hydrogens (tertiary/aromatic N) is 2. The summed E-state index contributed by atoms with van der Waals surface area (Å²) in [5.41, 5.74) is 5.60. The van der Waals surface area contributed by atoms with E-state index in [1.54, 1.807) is 18.2 Å². The molecule has 19 heavy (non-hydrogen) atoms. The number of carbonyl (C=O) groups is 1. The summed E-state index contributed by atoms with van der Waals surface area (Å²) in [4.78, 5) is 22.4. The minimum atomic E-state index is -1.21. The summed E-state index contributed by atoms with van der Waals surface area (Å²) in [5.74, 6) is -1.21. The Bertz CT molecular complexity index is 424. The number of anilines is 1. The van der Waals surface area contributed by atoms with E-state index in [0.717, 1.165) is 0 Å². The zero-order chi connectivity index (χ0) is 14.3. The van der Waals surface area contributed by atoms with E-state index < -0.39 is 17.0 Å². The van der Waals surface area contributed by atoms with Crippen molar-refractivity contribution in [3.8, 4) is 0 Å². The molecule has 7 nitrogen and oxygen atoms in total. The highest BCUT2D eigenvalue weighted by Crippen LogP contribution is 2.19. The average molecular weight is 267 g/mol. The molecule has 0 aliphatic carbocycles.